The predicted molar refractivity (Wildman–Crippen MR) is 98.3 cm³/mol. The molecule has 0 bridgehead atoms. The second-order valence-electron chi connectivity index (χ2n) is 8.00. The van der Waals surface area contributed by atoms with E-state index in [-0.39, 0.29) is 17.2 Å². The van der Waals surface area contributed by atoms with Crippen LogP contribution < -0.4 is 0 Å². The number of piperidine rings is 2. The van der Waals surface area contributed by atoms with Crippen molar-refractivity contribution in [2.24, 2.45) is 12.5 Å². The van der Waals surface area contributed by atoms with Crippen LogP contribution in [-0.4, -0.2) is 68.1 Å². The Morgan fingerprint density at radius 1 is 1.19 bits per heavy atom. The number of carboxylic acids is 1. The van der Waals surface area contributed by atoms with Crippen molar-refractivity contribution in [1.82, 2.24) is 19.6 Å². The number of nitrogens with zero attached hydrogens (tertiary/aromatic N) is 4. The lowest BCUT2D eigenvalue weighted by atomic mass is 9.72. The van der Waals surface area contributed by atoms with Gasteiger partial charge >= 0.3 is 5.97 Å². The largest absolute Gasteiger partial charge is 0.480 e. The first-order valence-electron chi connectivity index (χ1n) is 9.47. The van der Waals surface area contributed by atoms with Gasteiger partial charge in [-0.3, -0.25) is 14.3 Å². The SMILES string of the molecule is Cc1nn(C)c(C)c1C(=O)N1CCC2(CCC(=O)N([C@H](C)C(=O)O)C2)CC1. The van der Waals surface area contributed by atoms with E-state index >= 15 is 0 Å². The van der Waals surface area contributed by atoms with Gasteiger partial charge in [-0.2, -0.15) is 5.10 Å². The summed E-state index contributed by atoms with van der Waals surface area (Å²) < 4.78 is 1.73. The molecular weight excluding hydrogens is 348 g/mol. The number of rotatable bonds is 3. The normalized spacial score (nSPS) is 20.8. The first-order valence-corrected chi connectivity index (χ1v) is 9.47. The smallest absolute Gasteiger partial charge is 0.326 e. The van der Waals surface area contributed by atoms with Gasteiger partial charge in [0.1, 0.15) is 6.04 Å². The molecule has 27 heavy (non-hydrogen) atoms. The van der Waals surface area contributed by atoms with Crippen LogP contribution in [0.15, 0.2) is 0 Å². The number of hydrogen-bond donors (Lipinski definition) is 1. The van der Waals surface area contributed by atoms with Crippen molar-refractivity contribution in [3.05, 3.63) is 17.0 Å². The molecule has 8 heteroatoms. The number of likely N-dealkylation sites (tertiary alicyclic amines) is 2. The minimum Gasteiger partial charge on any atom is -0.480 e. The zero-order valence-corrected chi connectivity index (χ0v) is 16.5. The van der Waals surface area contributed by atoms with Crippen molar-refractivity contribution in [2.75, 3.05) is 19.6 Å². The third-order valence-electron chi connectivity index (χ3n) is 6.35. The molecule has 0 saturated carbocycles. The lowest BCUT2D eigenvalue weighted by Crippen LogP contribution is -2.55. The van der Waals surface area contributed by atoms with Crippen LogP contribution in [0.2, 0.25) is 0 Å². The Labute approximate surface area is 159 Å². The average Bonchev–Trinajstić information content (AvgIpc) is 2.89. The Hall–Kier alpha value is -2.38. The van der Waals surface area contributed by atoms with Crippen molar-refractivity contribution >= 4 is 17.8 Å². The highest BCUT2D eigenvalue weighted by Crippen LogP contribution is 2.41. The maximum absolute atomic E-state index is 13.0. The van der Waals surface area contributed by atoms with Crippen LogP contribution >= 0.6 is 0 Å². The summed E-state index contributed by atoms with van der Waals surface area (Å²) in [5, 5.41) is 13.6. The number of amides is 2. The van der Waals surface area contributed by atoms with Gasteiger partial charge in [-0.15, -0.1) is 0 Å². The number of carbonyl (C=O) groups excluding carboxylic acids is 2. The van der Waals surface area contributed by atoms with E-state index in [4.69, 9.17) is 0 Å². The molecule has 148 valence electrons. The van der Waals surface area contributed by atoms with Gasteiger partial charge in [0, 0.05) is 38.8 Å². The number of aromatic nitrogens is 2. The van der Waals surface area contributed by atoms with Crippen LogP contribution in [0.25, 0.3) is 0 Å². The van der Waals surface area contributed by atoms with Crippen LogP contribution in [0, 0.1) is 19.3 Å². The number of aliphatic carboxylic acids is 1. The quantitative estimate of drug-likeness (QED) is 0.859. The second kappa shape index (κ2) is 6.98. The first kappa shape index (κ1) is 19.4. The van der Waals surface area contributed by atoms with E-state index in [1.54, 1.807) is 11.6 Å². The summed E-state index contributed by atoms with van der Waals surface area (Å²) >= 11 is 0. The zero-order chi connectivity index (χ0) is 19.9. The summed E-state index contributed by atoms with van der Waals surface area (Å²) in [7, 11) is 1.83. The van der Waals surface area contributed by atoms with Crippen molar-refractivity contribution in [3.63, 3.8) is 0 Å². The van der Waals surface area contributed by atoms with Crippen LogP contribution in [0.4, 0.5) is 0 Å². The molecule has 0 aromatic carbocycles. The topological polar surface area (TPSA) is 95.7 Å². The lowest BCUT2D eigenvalue weighted by Gasteiger charge is -2.48. The molecule has 1 aromatic heterocycles. The Morgan fingerprint density at radius 3 is 2.33 bits per heavy atom. The van der Waals surface area contributed by atoms with Crippen molar-refractivity contribution in [2.45, 2.75) is 52.5 Å². The van der Waals surface area contributed by atoms with Gasteiger partial charge < -0.3 is 14.9 Å². The molecule has 3 rings (SSSR count). The molecule has 1 atom stereocenters. The lowest BCUT2D eigenvalue weighted by molar-refractivity contribution is -0.154. The van der Waals surface area contributed by atoms with Gasteiger partial charge in [0.05, 0.1) is 11.3 Å². The van der Waals surface area contributed by atoms with Gasteiger partial charge in [-0.25, -0.2) is 4.79 Å². The van der Waals surface area contributed by atoms with Crippen LogP contribution in [0.1, 0.15) is 54.4 Å². The molecule has 1 spiro atoms. The van der Waals surface area contributed by atoms with E-state index in [0.717, 1.165) is 30.7 Å². The first-order chi connectivity index (χ1) is 12.6. The molecule has 2 saturated heterocycles. The molecule has 1 aromatic rings. The Morgan fingerprint density at radius 2 is 1.81 bits per heavy atom. The standard InChI is InChI=1S/C19H28N4O4/c1-12-16(13(2)21(4)20-12)17(25)22-9-7-19(8-10-22)6-5-15(24)23(11-19)14(3)18(26)27/h14H,5-11H2,1-4H3,(H,26,27)/t14-/m1/s1. The molecule has 2 fully saturated rings. The van der Waals surface area contributed by atoms with Crippen molar-refractivity contribution < 1.29 is 19.5 Å². The maximum Gasteiger partial charge on any atom is 0.326 e. The molecule has 0 radical (unpaired) electrons. The molecule has 0 aliphatic carbocycles. The monoisotopic (exact) mass is 376 g/mol. The molecular formula is C19H28N4O4. The predicted octanol–water partition coefficient (Wildman–Crippen LogP) is 1.35. The fourth-order valence-electron chi connectivity index (χ4n) is 4.36. The molecule has 2 aliphatic rings. The number of carbonyl (C=O) groups is 3. The summed E-state index contributed by atoms with van der Waals surface area (Å²) in [6.07, 6.45) is 2.72. The Balaban J connectivity index is 1.70. The van der Waals surface area contributed by atoms with Crippen molar-refractivity contribution in [3.8, 4) is 0 Å². The highest BCUT2D eigenvalue weighted by atomic mass is 16.4. The van der Waals surface area contributed by atoms with Gasteiger partial charge in [-0.05, 0) is 45.4 Å². The van der Waals surface area contributed by atoms with Gasteiger partial charge in [0.25, 0.3) is 5.91 Å². The summed E-state index contributed by atoms with van der Waals surface area (Å²) in [6, 6.07) is -0.810. The Kier molecular flexibility index (Phi) is 5.01. The molecule has 2 amide bonds. The van der Waals surface area contributed by atoms with E-state index in [2.05, 4.69) is 5.10 Å². The summed E-state index contributed by atoms with van der Waals surface area (Å²) in [4.78, 5) is 39.8. The molecule has 8 nitrogen and oxygen atoms in total. The van der Waals surface area contributed by atoms with E-state index in [0.29, 0.717) is 31.6 Å². The van der Waals surface area contributed by atoms with Crippen molar-refractivity contribution in [1.29, 1.82) is 0 Å². The third kappa shape index (κ3) is 3.44. The van der Waals surface area contributed by atoms with E-state index in [1.807, 2.05) is 25.8 Å². The maximum atomic E-state index is 13.0. The van der Waals surface area contributed by atoms with Crippen LogP contribution in [0.3, 0.4) is 0 Å². The fourth-order valence-corrected chi connectivity index (χ4v) is 4.36. The highest BCUT2D eigenvalue weighted by Gasteiger charge is 2.44. The van der Waals surface area contributed by atoms with E-state index < -0.39 is 12.0 Å². The van der Waals surface area contributed by atoms with Gasteiger partial charge in [0.15, 0.2) is 0 Å². The summed E-state index contributed by atoms with van der Waals surface area (Å²) in [5.41, 5.74) is 2.19. The highest BCUT2D eigenvalue weighted by molar-refractivity contribution is 5.96. The molecule has 1 N–H and O–H groups in total. The number of carboxylic acid groups (broad SMARTS) is 1. The average molecular weight is 376 g/mol. The van der Waals surface area contributed by atoms with Crippen LogP contribution in [0.5, 0.6) is 0 Å². The van der Waals surface area contributed by atoms with E-state index in [9.17, 15) is 19.5 Å². The van der Waals surface area contributed by atoms with Crippen LogP contribution in [-0.2, 0) is 16.6 Å². The molecule has 0 unspecified atom stereocenters. The minimum atomic E-state index is -0.976. The van der Waals surface area contributed by atoms with Gasteiger partial charge in [-0.1, -0.05) is 0 Å². The fraction of sp³-hybridized carbons (Fsp3) is 0.684. The Bertz CT molecular complexity index is 777. The van der Waals surface area contributed by atoms with E-state index in [1.165, 1.54) is 4.90 Å². The third-order valence-corrected chi connectivity index (χ3v) is 6.35. The summed E-state index contributed by atoms with van der Waals surface area (Å²) in [6.45, 7) is 7.02. The summed E-state index contributed by atoms with van der Waals surface area (Å²) in [5.74, 6) is -1.05. The zero-order valence-electron chi connectivity index (χ0n) is 16.5. The molecule has 2 aliphatic heterocycles. The van der Waals surface area contributed by atoms with Gasteiger partial charge in [0.2, 0.25) is 5.91 Å². The minimum absolute atomic E-state index is 0.00981. The number of hydrogen-bond acceptors (Lipinski definition) is 4. The number of aryl methyl sites for hydroxylation is 2. The second-order valence-corrected chi connectivity index (χ2v) is 8.00. The molecule has 3 heterocycles.